The third kappa shape index (κ3) is 6.38. The van der Waals surface area contributed by atoms with E-state index in [4.69, 9.17) is 5.73 Å². The van der Waals surface area contributed by atoms with E-state index in [1.807, 2.05) is 0 Å². The normalized spacial score (nSPS) is 21.8. The lowest BCUT2D eigenvalue weighted by Gasteiger charge is -2.31. The van der Waals surface area contributed by atoms with Gasteiger partial charge in [0.05, 0.1) is 12.2 Å². The molecule has 0 aliphatic carbocycles. The Bertz CT molecular complexity index is 623. The molecule has 6 unspecified atom stereocenters. The molecule has 0 radical (unpaired) electrons. The van der Waals surface area contributed by atoms with E-state index in [0.717, 1.165) is 4.90 Å². The maximum atomic E-state index is 12.8. The van der Waals surface area contributed by atoms with Gasteiger partial charge in [-0.2, -0.15) is 0 Å². The van der Waals surface area contributed by atoms with E-state index in [1.165, 1.54) is 13.8 Å². The molecule has 1 aliphatic heterocycles. The summed E-state index contributed by atoms with van der Waals surface area (Å²) >= 11 is 0. The average Bonchev–Trinajstić information content (AvgIpc) is 3.11. The Balaban J connectivity index is 2.95. The molecule has 3 amide bonds. The van der Waals surface area contributed by atoms with Gasteiger partial charge in [-0.25, -0.2) is 4.79 Å². The minimum atomic E-state index is -1.37. The van der Waals surface area contributed by atoms with Gasteiger partial charge in [0.1, 0.15) is 24.2 Å². The highest BCUT2D eigenvalue weighted by atomic mass is 16.4. The molecule has 0 aromatic carbocycles. The quantitative estimate of drug-likeness (QED) is 0.244. The first-order chi connectivity index (χ1) is 13.4. The molecule has 1 saturated heterocycles. The molecule has 0 aromatic rings. The summed E-state index contributed by atoms with van der Waals surface area (Å²) in [6.45, 7) is 6.19. The van der Waals surface area contributed by atoms with Crippen LogP contribution in [-0.4, -0.2) is 86.8 Å². The van der Waals surface area contributed by atoms with Gasteiger partial charge in [-0.15, -0.1) is 0 Å². The summed E-state index contributed by atoms with van der Waals surface area (Å²) in [7, 11) is 0. The zero-order valence-electron chi connectivity index (χ0n) is 17.2. The van der Waals surface area contributed by atoms with E-state index >= 15 is 0 Å². The van der Waals surface area contributed by atoms with E-state index in [-0.39, 0.29) is 12.5 Å². The van der Waals surface area contributed by atoms with Crippen LogP contribution >= 0.6 is 0 Å². The summed E-state index contributed by atoms with van der Waals surface area (Å²) in [6, 6.07) is -4.69. The van der Waals surface area contributed by atoms with Gasteiger partial charge >= 0.3 is 5.97 Å². The number of nitrogens with one attached hydrogen (secondary N) is 2. The van der Waals surface area contributed by atoms with Crippen LogP contribution in [-0.2, 0) is 19.2 Å². The molecule has 11 heteroatoms. The van der Waals surface area contributed by atoms with Crippen molar-refractivity contribution >= 4 is 23.7 Å². The van der Waals surface area contributed by atoms with Crippen molar-refractivity contribution < 1.29 is 34.5 Å². The van der Waals surface area contributed by atoms with E-state index in [1.54, 1.807) is 13.8 Å². The number of nitrogens with zero attached hydrogens (tertiary/aromatic N) is 1. The molecule has 0 aromatic heterocycles. The van der Waals surface area contributed by atoms with Gasteiger partial charge in [-0.3, -0.25) is 14.4 Å². The first-order valence-electron chi connectivity index (χ1n) is 9.64. The number of amides is 3. The van der Waals surface area contributed by atoms with Crippen LogP contribution in [0.4, 0.5) is 0 Å². The molecule has 11 nitrogen and oxygen atoms in total. The first-order valence-corrected chi connectivity index (χ1v) is 9.64. The van der Waals surface area contributed by atoms with Crippen molar-refractivity contribution in [1.82, 2.24) is 15.5 Å². The van der Waals surface area contributed by atoms with Crippen LogP contribution in [0.2, 0.25) is 0 Å². The molecular weight excluding hydrogens is 384 g/mol. The third-order valence-electron chi connectivity index (χ3n) is 4.94. The SMILES string of the molecule is CC(C)C(NC(=O)C(N)C(C)O)C(=O)NC(C(=O)N1CCCC1C(=O)O)C(C)O. The van der Waals surface area contributed by atoms with Crippen molar-refractivity contribution in [3.8, 4) is 0 Å². The van der Waals surface area contributed by atoms with E-state index < -0.39 is 60.1 Å². The maximum absolute atomic E-state index is 12.8. The molecule has 0 saturated carbocycles. The molecule has 7 N–H and O–H groups in total. The summed E-state index contributed by atoms with van der Waals surface area (Å²) < 4.78 is 0. The summed E-state index contributed by atoms with van der Waals surface area (Å²) in [5.74, 6) is -3.70. The largest absolute Gasteiger partial charge is 0.480 e. The minimum absolute atomic E-state index is 0.211. The van der Waals surface area contributed by atoms with Crippen molar-refractivity contribution in [3.05, 3.63) is 0 Å². The van der Waals surface area contributed by atoms with Gasteiger partial charge < -0.3 is 36.6 Å². The summed E-state index contributed by atoms with van der Waals surface area (Å²) in [6.07, 6.45) is -1.61. The summed E-state index contributed by atoms with van der Waals surface area (Å²) in [5, 5.41) is 33.6. The Morgan fingerprint density at radius 3 is 1.97 bits per heavy atom. The molecule has 1 heterocycles. The van der Waals surface area contributed by atoms with E-state index in [9.17, 15) is 34.5 Å². The third-order valence-corrected chi connectivity index (χ3v) is 4.94. The lowest BCUT2D eigenvalue weighted by Crippen LogP contribution is -2.61. The lowest BCUT2D eigenvalue weighted by molar-refractivity contribution is -0.151. The van der Waals surface area contributed by atoms with Crippen molar-refractivity contribution in [2.45, 2.75) is 76.9 Å². The lowest BCUT2D eigenvalue weighted by atomic mass is 10.0. The molecule has 166 valence electrons. The summed E-state index contributed by atoms with van der Waals surface area (Å²) in [4.78, 5) is 50.1. The van der Waals surface area contributed by atoms with Crippen LogP contribution < -0.4 is 16.4 Å². The maximum Gasteiger partial charge on any atom is 0.326 e. The first kappa shape index (κ1) is 24.8. The number of carbonyl (C=O) groups excluding carboxylic acids is 3. The molecule has 1 rings (SSSR count). The average molecular weight is 416 g/mol. The zero-order chi connectivity index (χ0) is 22.5. The topological polar surface area (TPSA) is 182 Å². The van der Waals surface area contributed by atoms with Gasteiger partial charge in [0, 0.05) is 6.54 Å². The van der Waals surface area contributed by atoms with Gasteiger partial charge in [0.2, 0.25) is 17.7 Å². The Morgan fingerprint density at radius 2 is 1.52 bits per heavy atom. The molecule has 0 bridgehead atoms. The van der Waals surface area contributed by atoms with Gasteiger partial charge in [0.25, 0.3) is 0 Å². The van der Waals surface area contributed by atoms with Crippen LogP contribution in [0.3, 0.4) is 0 Å². The number of carboxylic acid groups (broad SMARTS) is 1. The Labute approximate surface area is 169 Å². The number of carboxylic acids is 1. The van der Waals surface area contributed by atoms with Crippen molar-refractivity contribution in [3.63, 3.8) is 0 Å². The van der Waals surface area contributed by atoms with Gasteiger partial charge in [-0.1, -0.05) is 13.8 Å². The predicted octanol–water partition coefficient (Wildman–Crippen LogP) is -2.22. The Kier molecular flexibility index (Phi) is 8.99. The number of aliphatic hydroxyl groups is 2. The van der Waals surface area contributed by atoms with Crippen molar-refractivity contribution in [2.75, 3.05) is 6.54 Å². The fourth-order valence-corrected chi connectivity index (χ4v) is 3.10. The molecular formula is C18H32N4O7. The zero-order valence-corrected chi connectivity index (χ0v) is 17.2. The summed E-state index contributed by atoms with van der Waals surface area (Å²) in [5.41, 5.74) is 5.58. The highest BCUT2D eigenvalue weighted by Gasteiger charge is 2.40. The van der Waals surface area contributed by atoms with Crippen LogP contribution in [0.25, 0.3) is 0 Å². The molecule has 0 spiro atoms. The second-order valence-corrected chi connectivity index (χ2v) is 7.75. The van der Waals surface area contributed by atoms with Crippen molar-refractivity contribution in [2.24, 2.45) is 11.7 Å². The monoisotopic (exact) mass is 416 g/mol. The highest BCUT2D eigenvalue weighted by molar-refractivity contribution is 5.94. The Hall–Kier alpha value is -2.24. The second-order valence-electron chi connectivity index (χ2n) is 7.75. The number of carbonyl (C=O) groups is 4. The standard InChI is InChI=1S/C18H32N4O7/c1-8(2)13(20-15(25)12(19)9(3)23)16(26)21-14(10(4)24)17(27)22-7-5-6-11(22)18(28)29/h8-14,23-24H,5-7,19H2,1-4H3,(H,20,25)(H,21,26)(H,28,29). The predicted molar refractivity (Wildman–Crippen MR) is 102 cm³/mol. The second kappa shape index (κ2) is 10.5. The fraction of sp³-hybridized carbons (Fsp3) is 0.778. The number of aliphatic carboxylic acids is 1. The highest BCUT2D eigenvalue weighted by Crippen LogP contribution is 2.19. The van der Waals surface area contributed by atoms with Crippen LogP contribution in [0.1, 0.15) is 40.5 Å². The molecule has 1 fully saturated rings. The van der Waals surface area contributed by atoms with E-state index in [2.05, 4.69) is 10.6 Å². The number of nitrogens with two attached hydrogens (primary N) is 1. The number of aliphatic hydroxyl groups excluding tert-OH is 2. The molecule has 29 heavy (non-hydrogen) atoms. The number of rotatable bonds is 9. The Morgan fingerprint density at radius 1 is 0.966 bits per heavy atom. The van der Waals surface area contributed by atoms with Crippen molar-refractivity contribution in [1.29, 1.82) is 0 Å². The minimum Gasteiger partial charge on any atom is -0.480 e. The number of likely N-dealkylation sites (tertiary alicyclic amines) is 1. The van der Waals surface area contributed by atoms with Crippen LogP contribution in [0, 0.1) is 5.92 Å². The number of hydrogen-bond acceptors (Lipinski definition) is 7. The van der Waals surface area contributed by atoms with Crippen LogP contribution in [0.15, 0.2) is 0 Å². The van der Waals surface area contributed by atoms with Crippen LogP contribution in [0.5, 0.6) is 0 Å². The fourth-order valence-electron chi connectivity index (χ4n) is 3.10. The van der Waals surface area contributed by atoms with Gasteiger partial charge in [0.15, 0.2) is 0 Å². The van der Waals surface area contributed by atoms with Gasteiger partial charge in [-0.05, 0) is 32.6 Å². The molecule has 6 atom stereocenters. The smallest absolute Gasteiger partial charge is 0.326 e. The number of hydrogen-bond donors (Lipinski definition) is 6. The van der Waals surface area contributed by atoms with E-state index in [0.29, 0.717) is 12.8 Å². The molecule has 1 aliphatic rings.